The lowest BCUT2D eigenvalue weighted by molar-refractivity contribution is -0.137. The highest BCUT2D eigenvalue weighted by atomic mass is 79.9. The lowest BCUT2D eigenvalue weighted by atomic mass is 9.67. The van der Waals surface area contributed by atoms with Gasteiger partial charge >= 0.3 is 0 Å². The standard InChI is InChI=1S/C28H23BrClFN4O2S/c1-3-15-4-6-16(7-5-15)20-14-34(2)28(19-12-17(29)8-11-23(19)32-24(28)36)27(20)25(37)35(26(38)33-27)18-9-10-22(31)21(30)13-18/h4-13,20H,3,14H2,1-2H3,(H,32,36)(H,33,38)/t20?,27-,28+/m0/s1. The maximum Gasteiger partial charge on any atom is 0.262 e. The van der Waals surface area contributed by atoms with E-state index in [9.17, 15) is 14.0 Å². The van der Waals surface area contributed by atoms with Crippen molar-refractivity contribution in [1.29, 1.82) is 0 Å². The molecule has 3 aliphatic heterocycles. The molecule has 2 saturated heterocycles. The van der Waals surface area contributed by atoms with Gasteiger partial charge < -0.3 is 10.6 Å². The number of likely N-dealkylation sites (tertiary alicyclic amines) is 1. The summed E-state index contributed by atoms with van der Waals surface area (Å²) < 4.78 is 14.8. The van der Waals surface area contributed by atoms with E-state index in [2.05, 4.69) is 33.5 Å². The average molecular weight is 614 g/mol. The molecule has 3 heterocycles. The molecule has 1 unspecified atom stereocenters. The number of rotatable bonds is 3. The van der Waals surface area contributed by atoms with Gasteiger partial charge in [-0.05, 0) is 73.2 Å². The van der Waals surface area contributed by atoms with Crippen LogP contribution in [0, 0.1) is 5.82 Å². The Balaban J connectivity index is 1.62. The third kappa shape index (κ3) is 3.22. The van der Waals surface area contributed by atoms with Crippen LogP contribution in [0.4, 0.5) is 15.8 Å². The summed E-state index contributed by atoms with van der Waals surface area (Å²) >= 11 is 15.4. The number of anilines is 2. The van der Waals surface area contributed by atoms with Gasteiger partial charge in [-0.15, -0.1) is 0 Å². The molecule has 38 heavy (non-hydrogen) atoms. The Morgan fingerprint density at radius 1 is 1.13 bits per heavy atom. The van der Waals surface area contributed by atoms with E-state index < -0.39 is 28.7 Å². The molecule has 0 radical (unpaired) electrons. The SMILES string of the molecule is CCc1ccc(C2CN(C)[C@]3(C(=O)Nc4ccc(Br)cc43)[C@]23NC(=S)N(c2ccc(F)c(Cl)c2)C3=O)cc1. The Morgan fingerprint density at radius 2 is 1.87 bits per heavy atom. The predicted octanol–water partition coefficient (Wildman–Crippen LogP) is 5.34. The second-order valence-corrected chi connectivity index (χ2v) is 11.6. The third-order valence-corrected chi connectivity index (χ3v) is 9.14. The highest BCUT2D eigenvalue weighted by molar-refractivity contribution is 9.10. The topological polar surface area (TPSA) is 64.7 Å². The maximum absolute atomic E-state index is 14.8. The zero-order valence-electron chi connectivity index (χ0n) is 20.5. The summed E-state index contributed by atoms with van der Waals surface area (Å²) in [5, 5.41) is 6.35. The summed E-state index contributed by atoms with van der Waals surface area (Å²) in [6, 6.07) is 17.7. The molecule has 0 saturated carbocycles. The molecule has 194 valence electrons. The van der Waals surface area contributed by atoms with Gasteiger partial charge in [0.15, 0.2) is 16.2 Å². The molecule has 2 N–H and O–H groups in total. The van der Waals surface area contributed by atoms with Gasteiger partial charge in [0.2, 0.25) is 0 Å². The quantitative estimate of drug-likeness (QED) is 0.391. The molecule has 3 aromatic carbocycles. The molecule has 0 bridgehead atoms. The highest BCUT2D eigenvalue weighted by Gasteiger charge is 2.77. The largest absolute Gasteiger partial charge is 0.345 e. The van der Waals surface area contributed by atoms with Crippen LogP contribution in [0.5, 0.6) is 0 Å². The molecule has 10 heteroatoms. The fourth-order valence-electron chi connectivity index (χ4n) is 6.36. The highest BCUT2D eigenvalue weighted by Crippen LogP contribution is 2.59. The van der Waals surface area contributed by atoms with Crippen molar-refractivity contribution >= 4 is 68.1 Å². The molecule has 2 fully saturated rings. The van der Waals surface area contributed by atoms with Crippen molar-refractivity contribution in [2.45, 2.75) is 30.3 Å². The number of carbonyl (C=O) groups is 2. The van der Waals surface area contributed by atoms with Crippen molar-refractivity contribution in [3.8, 4) is 0 Å². The fraction of sp³-hybridized carbons (Fsp3) is 0.250. The molecule has 2 amide bonds. The van der Waals surface area contributed by atoms with E-state index in [0.717, 1.165) is 16.5 Å². The number of amides is 2. The monoisotopic (exact) mass is 612 g/mol. The number of hydrogen-bond acceptors (Lipinski definition) is 4. The van der Waals surface area contributed by atoms with Gasteiger partial charge in [-0.3, -0.25) is 19.4 Å². The lowest BCUT2D eigenvalue weighted by Gasteiger charge is -2.42. The molecule has 3 atom stereocenters. The summed E-state index contributed by atoms with van der Waals surface area (Å²) in [6.45, 7) is 2.49. The Morgan fingerprint density at radius 3 is 2.55 bits per heavy atom. The molecular weight excluding hydrogens is 591 g/mol. The Hall–Kier alpha value is -2.85. The zero-order chi connectivity index (χ0) is 27.0. The Labute approximate surface area is 238 Å². The minimum absolute atomic E-state index is 0.124. The van der Waals surface area contributed by atoms with Crippen LogP contribution in [0.25, 0.3) is 0 Å². The van der Waals surface area contributed by atoms with Gasteiger partial charge in [0.1, 0.15) is 5.82 Å². The van der Waals surface area contributed by atoms with E-state index in [4.69, 9.17) is 23.8 Å². The first-order valence-electron chi connectivity index (χ1n) is 12.2. The summed E-state index contributed by atoms with van der Waals surface area (Å²) in [7, 11) is 1.85. The number of halogens is 3. The number of nitrogens with one attached hydrogen (secondary N) is 2. The molecule has 2 spiro atoms. The van der Waals surface area contributed by atoms with Crippen LogP contribution in [0.15, 0.2) is 65.1 Å². The summed E-state index contributed by atoms with van der Waals surface area (Å²) in [5.74, 6) is -1.76. The van der Waals surface area contributed by atoms with E-state index in [0.29, 0.717) is 23.5 Å². The van der Waals surface area contributed by atoms with Gasteiger partial charge in [-0.2, -0.15) is 0 Å². The Bertz CT molecular complexity index is 1540. The van der Waals surface area contributed by atoms with Crippen LogP contribution in [0.3, 0.4) is 0 Å². The van der Waals surface area contributed by atoms with Crippen LogP contribution in [0.2, 0.25) is 5.02 Å². The Kier molecular flexibility index (Phi) is 5.92. The van der Waals surface area contributed by atoms with Gasteiger partial charge in [-0.25, -0.2) is 4.39 Å². The van der Waals surface area contributed by atoms with Crippen molar-refractivity contribution in [3.63, 3.8) is 0 Å². The number of nitrogens with zero attached hydrogens (tertiary/aromatic N) is 2. The zero-order valence-corrected chi connectivity index (χ0v) is 23.7. The summed E-state index contributed by atoms with van der Waals surface area (Å²) in [5.41, 5.74) is 0.799. The van der Waals surface area contributed by atoms with Crippen molar-refractivity contribution < 1.29 is 14.0 Å². The van der Waals surface area contributed by atoms with Crippen LogP contribution in [0.1, 0.15) is 29.5 Å². The van der Waals surface area contributed by atoms with Crippen LogP contribution in [-0.4, -0.2) is 41.0 Å². The van der Waals surface area contributed by atoms with E-state index in [1.54, 1.807) is 0 Å². The molecule has 6 rings (SSSR count). The number of thiocarbonyl (C=S) groups is 1. The minimum atomic E-state index is -1.50. The molecule has 0 aromatic heterocycles. The molecule has 3 aliphatic rings. The van der Waals surface area contributed by atoms with Crippen molar-refractivity contribution in [3.05, 3.63) is 92.7 Å². The van der Waals surface area contributed by atoms with E-state index in [1.807, 2.05) is 54.4 Å². The first kappa shape index (κ1) is 25.4. The van der Waals surface area contributed by atoms with Gasteiger partial charge in [0.25, 0.3) is 11.8 Å². The lowest BCUT2D eigenvalue weighted by Crippen LogP contribution is -2.68. The van der Waals surface area contributed by atoms with E-state index >= 15 is 0 Å². The summed E-state index contributed by atoms with van der Waals surface area (Å²) in [4.78, 5) is 32.2. The van der Waals surface area contributed by atoms with Crippen molar-refractivity contribution in [1.82, 2.24) is 10.2 Å². The van der Waals surface area contributed by atoms with Crippen LogP contribution >= 0.6 is 39.7 Å². The number of hydrogen-bond donors (Lipinski definition) is 2. The van der Waals surface area contributed by atoms with Crippen molar-refractivity contribution in [2.75, 3.05) is 23.8 Å². The molecule has 6 nitrogen and oxygen atoms in total. The van der Waals surface area contributed by atoms with E-state index in [-0.39, 0.29) is 16.0 Å². The molecular formula is C28H23BrClFN4O2S. The molecule has 0 aliphatic carbocycles. The van der Waals surface area contributed by atoms with Crippen LogP contribution in [-0.2, 0) is 21.5 Å². The third-order valence-electron chi connectivity index (χ3n) is 8.07. The first-order chi connectivity index (χ1) is 18.1. The average Bonchev–Trinajstić information content (AvgIpc) is 3.44. The van der Waals surface area contributed by atoms with Gasteiger partial charge in [0.05, 0.1) is 10.7 Å². The molecule has 3 aromatic rings. The second kappa shape index (κ2) is 8.84. The van der Waals surface area contributed by atoms with Crippen LogP contribution < -0.4 is 15.5 Å². The normalized spacial score (nSPS) is 26.4. The number of likely N-dealkylation sites (N-methyl/N-ethyl adjacent to an activating group) is 1. The van der Waals surface area contributed by atoms with Gasteiger partial charge in [0, 0.05) is 28.2 Å². The number of benzene rings is 3. The number of aryl methyl sites for hydroxylation is 1. The van der Waals surface area contributed by atoms with Gasteiger partial charge in [-0.1, -0.05) is 58.7 Å². The maximum atomic E-state index is 14.8. The second-order valence-electron chi connectivity index (χ2n) is 9.86. The smallest absolute Gasteiger partial charge is 0.262 e. The minimum Gasteiger partial charge on any atom is -0.345 e. The number of fused-ring (bicyclic) bond motifs is 3. The fourth-order valence-corrected chi connectivity index (χ4v) is 7.24. The number of carbonyl (C=O) groups excluding carboxylic acids is 2. The van der Waals surface area contributed by atoms with Crippen molar-refractivity contribution in [2.24, 2.45) is 0 Å². The predicted molar refractivity (Wildman–Crippen MR) is 153 cm³/mol. The van der Waals surface area contributed by atoms with E-state index in [1.165, 1.54) is 28.7 Å². The summed E-state index contributed by atoms with van der Waals surface area (Å²) in [6.07, 6.45) is 0.879. The first-order valence-corrected chi connectivity index (χ1v) is 13.8.